The summed E-state index contributed by atoms with van der Waals surface area (Å²) in [6.07, 6.45) is 1.41. The third-order valence-electron chi connectivity index (χ3n) is 5.49. The predicted molar refractivity (Wildman–Crippen MR) is 102 cm³/mol. The number of carbonyl (C=O) groups excluding carboxylic acids is 2. The van der Waals surface area contributed by atoms with E-state index in [1.807, 2.05) is 0 Å². The van der Waals surface area contributed by atoms with Crippen LogP contribution in [0.1, 0.15) is 83.6 Å². The Hall–Kier alpha value is -1.98. The number of H-pyrrole nitrogens is 1. The molecule has 0 fully saturated rings. The third-order valence-corrected chi connectivity index (χ3v) is 5.49. The van der Waals surface area contributed by atoms with Crippen molar-refractivity contribution in [1.82, 2.24) is 10.2 Å². The Morgan fingerprint density at radius 1 is 1.19 bits per heavy atom. The topological polar surface area (TPSA) is 84.4 Å². The maximum atomic E-state index is 12.6. The average molecular weight is 361 g/mol. The van der Waals surface area contributed by atoms with Gasteiger partial charge in [-0.1, -0.05) is 41.5 Å². The Morgan fingerprint density at radius 3 is 2.27 bits per heavy atom. The summed E-state index contributed by atoms with van der Waals surface area (Å²) in [5.74, 6) is -0.882. The SMILES string of the molecule is CCOC(=O)CC(=O)c1n[nH]c2c1C=N[C@H](C)C2(C(C)(C)C)C(C)(C)C. The smallest absolute Gasteiger partial charge is 0.313 e. The lowest BCUT2D eigenvalue weighted by atomic mass is 9.48. The first-order valence-corrected chi connectivity index (χ1v) is 9.18. The molecule has 0 unspecified atom stereocenters. The number of fused-ring (bicyclic) bond motifs is 1. The number of aliphatic imine (C=N–C) groups is 1. The number of Topliss-reactive ketones (excluding diaryl/α,β-unsaturated/α-hetero) is 1. The van der Waals surface area contributed by atoms with Crippen LogP contribution in [0.3, 0.4) is 0 Å². The molecule has 2 heterocycles. The van der Waals surface area contributed by atoms with Crippen molar-refractivity contribution < 1.29 is 14.3 Å². The summed E-state index contributed by atoms with van der Waals surface area (Å²) < 4.78 is 4.89. The van der Waals surface area contributed by atoms with Gasteiger partial charge in [0, 0.05) is 17.2 Å². The van der Waals surface area contributed by atoms with E-state index in [4.69, 9.17) is 9.73 Å². The Bertz CT molecular complexity index is 718. The lowest BCUT2D eigenvalue weighted by molar-refractivity contribution is -0.141. The first-order valence-electron chi connectivity index (χ1n) is 9.18. The Balaban J connectivity index is 2.59. The van der Waals surface area contributed by atoms with E-state index in [1.165, 1.54) is 0 Å². The highest BCUT2D eigenvalue weighted by Gasteiger charge is 2.58. The van der Waals surface area contributed by atoms with Gasteiger partial charge in [0.1, 0.15) is 12.1 Å². The van der Waals surface area contributed by atoms with Crippen LogP contribution in [0.4, 0.5) is 0 Å². The molecule has 0 aliphatic carbocycles. The van der Waals surface area contributed by atoms with E-state index in [0.29, 0.717) is 5.56 Å². The second kappa shape index (κ2) is 6.63. The lowest BCUT2D eigenvalue weighted by Gasteiger charge is -2.56. The van der Waals surface area contributed by atoms with Gasteiger partial charge in [-0.25, -0.2) is 0 Å². The van der Waals surface area contributed by atoms with E-state index in [-0.39, 0.29) is 46.8 Å². The maximum absolute atomic E-state index is 12.6. The number of aromatic amines is 1. The molecule has 6 nitrogen and oxygen atoms in total. The fraction of sp³-hybridized carbons (Fsp3) is 0.700. The first kappa shape index (κ1) is 20.3. The van der Waals surface area contributed by atoms with Crippen molar-refractivity contribution in [3.8, 4) is 0 Å². The van der Waals surface area contributed by atoms with E-state index in [1.54, 1.807) is 13.1 Å². The van der Waals surface area contributed by atoms with Crippen molar-refractivity contribution in [2.24, 2.45) is 15.8 Å². The number of nitrogens with zero attached hydrogens (tertiary/aromatic N) is 2. The highest BCUT2D eigenvalue weighted by Crippen LogP contribution is 2.57. The number of hydrogen-bond acceptors (Lipinski definition) is 5. The number of esters is 1. The summed E-state index contributed by atoms with van der Waals surface area (Å²) in [7, 11) is 0. The first-order chi connectivity index (χ1) is 11.9. The Kier molecular flexibility index (Phi) is 5.19. The summed E-state index contributed by atoms with van der Waals surface area (Å²) in [6, 6.07) is 0.0171. The van der Waals surface area contributed by atoms with Crippen LogP contribution >= 0.6 is 0 Å². The molecule has 1 aromatic heterocycles. The number of hydrogen-bond donors (Lipinski definition) is 1. The zero-order valence-corrected chi connectivity index (χ0v) is 17.2. The molecule has 144 valence electrons. The number of ketones is 1. The monoisotopic (exact) mass is 361 g/mol. The molecule has 0 aromatic carbocycles. The summed E-state index contributed by atoms with van der Waals surface area (Å²) in [5, 5.41) is 7.43. The predicted octanol–water partition coefficient (Wildman–Crippen LogP) is 3.70. The van der Waals surface area contributed by atoms with Crippen LogP contribution in [0.5, 0.6) is 0 Å². The second-order valence-corrected chi connectivity index (χ2v) is 9.03. The fourth-order valence-electron chi connectivity index (χ4n) is 5.05. The molecule has 1 atom stereocenters. The standard InChI is InChI=1S/C20H31N3O3/c1-9-26-15(25)10-14(24)16-13-11-21-12(2)20(18(3,4)5,19(6,7)8)17(13)23-22-16/h11-12H,9-10H2,1-8H3,(H,22,23)/t12-/m1/s1. The molecule has 1 aliphatic heterocycles. The van der Waals surface area contributed by atoms with E-state index in [9.17, 15) is 9.59 Å². The molecule has 0 bridgehead atoms. The van der Waals surface area contributed by atoms with Crippen molar-refractivity contribution in [1.29, 1.82) is 0 Å². The molecule has 0 amide bonds. The molecule has 1 aromatic rings. The van der Waals surface area contributed by atoms with E-state index in [0.717, 1.165) is 5.69 Å². The number of carbonyl (C=O) groups is 2. The highest BCUT2D eigenvalue weighted by molar-refractivity contribution is 6.09. The zero-order chi connectivity index (χ0) is 19.9. The molecule has 1 N–H and O–H groups in total. The number of ether oxygens (including phenoxy) is 1. The molecule has 0 spiro atoms. The van der Waals surface area contributed by atoms with Gasteiger partial charge in [-0.15, -0.1) is 0 Å². The maximum Gasteiger partial charge on any atom is 0.313 e. The minimum absolute atomic E-state index is 0.0171. The van der Waals surface area contributed by atoms with Crippen LogP contribution in [0.15, 0.2) is 4.99 Å². The Morgan fingerprint density at radius 2 is 1.77 bits per heavy atom. The van der Waals surface area contributed by atoms with Gasteiger partial charge in [-0.2, -0.15) is 5.10 Å². The molecule has 0 radical (unpaired) electrons. The van der Waals surface area contributed by atoms with Crippen molar-refractivity contribution >= 4 is 18.0 Å². The van der Waals surface area contributed by atoms with Crippen molar-refractivity contribution in [3.05, 3.63) is 17.0 Å². The molecular formula is C20H31N3O3. The van der Waals surface area contributed by atoms with Crippen LogP contribution in [0.25, 0.3) is 0 Å². The molecule has 0 saturated heterocycles. The van der Waals surface area contributed by atoms with E-state index < -0.39 is 5.97 Å². The molecular weight excluding hydrogens is 330 g/mol. The molecule has 0 saturated carbocycles. The number of aromatic nitrogens is 2. The van der Waals surface area contributed by atoms with Crippen molar-refractivity contribution in [2.75, 3.05) is 6.61 Å². The molecule has 26 heavy (non-hydrogen) atoms. The summed E-state index contributed by atoms with van der Waals surface area (Å²) in [4.78, 5) is 29.0. The normalized spacial score (nSPS) is 19.2. The number of rotatable bonds is 4. The zero-order valence-electron chi connectivity index (χ0n) is 17.2. The van der Waals surface area contributed by atoms with E-state index in [2.05, 4.69) is 58.7 Å². The van der Waals surface area contributed by atoms with Gasteiger partial charge in [0.25, 0.3) is 0 Å². The summed E-state index contributed by atoms with van der Waals surface area (Å²) in [5.41, 5.74) is 1.27. The summed E-state index contributed by atoms with van der Waals surface area (Å²) in [6.45, 7) is 17.2. The largest absolute Gasteiger partial charge is 0.466 e. The van der Waals surface area contributed by atoms with Crippen molar-refractivity contribution in [3.63, 3.8) is 0 Å². The van der Waals surface area contributed by atoms with Gasteiger partial charge in [0.2, 0.25) is 0 Å². The summed E-state index contributed by atoms with van der Waals surface area (Å²) >= 11 is 0. The highest BCUT2D eigenvalue weighted by atomic mass is 16.5. The van der Waals surface area contributed by atoms with Gasteiger partial charge in [0.15, 0.2) is 5.78 Å². The lowest BCUT2D eigenvalue weighted by Crippen LogP contribution is -2.58. The molecule has 1 aliphatic rings. The Labute approximate surface area is 155 Å². The van der Waals surface area contributed by atoms with Crippen LogP contribution in [0.2, 0.25) is 0 Å². The van der Waals surface area contributed by atoms with Crippen LogP contribution in [0, 0.1) is 10.8 Å². The van der Waals surface area contributed by atoms with Crippen molar-refractivity contribution in [2.45, 2.75) is 73.3 Å². The van der Waals surface area contributed by atoms with Crippen LogP contribution in [-0.4, -0.2) is 40.8 Å². The average Bonchev–Trinajstić information content (AvgIpc) is 2.88. The molecule has 2 rings (SSSR count). The fourth-order valence-corrected chi connectivity index (χ4v) is 5.05. The molecule has 6 heteroatoms. The second-order valence-electron chi connectivity index (χ2n) is 9.03. The van der Waals surface area contributed by atoms with Gasteiger partial charge < -0.3 is 4.74 Å². The quantitative estimate of drug-likeness (QED) is 0.503. The van der Waals surface area contributed by atoms with Gasteiger partial charge in [0.05, 0.1) is 18.3 Å². The van der Waals surface area contributed by atoms with Crippen LogP contribution < -0.4 is 0 Å². The van der Waals surface area contributed by atoms with Gasteiger partial charge in [-0.3, -0.25) is 19.7 Å². The van der Waals surface area contributed by atoms with E-state index >= 15 is 0 Å². The number of nitrogens with one attached hydrogen (secondary N) is 1. The minimum atomic E-state index is -0.534. The van der Waals surface area contributed by atoms with Crippen LogP contribution in [-0.2, 0) is 14.9 Å². The third kappa shape index (κ3) is 2.99. The minimum Gasteiger partial charge on any atom is -0.466 e. The van der Waals surface area contributed by atoms with Gasteiger partial charge >= 0.3 is 5.97 Å². The van der Waals surface area contributed by atoms with Gasteiger partial charge in [-0.05, 0) is 24.7 Å².